The van der Waals surface area contributed by atoms with Gasteiger partial charge >= 0.3 is 0 Å². The van der Waals surface area contributed by atoms with Gasteiger partial charge in [0.05, 0.1) is 30.1 Å². The van der Waals surface area contributed by atoms with E-state index in [-0.39, 0.29) is 48.5 Å². The third-order valence-electron chi connectivity index (χ3n) is 5.78. The number of fused-ring (bicyclic) bond motifs is 1. The molecule has 2 aliphatic rings. The summed E-state index contributed by atoms with van der Waals surface area (Å²) in [7, 11) is -3.75. The molecular formula is C22H24N2O4S. The van der Waals surface area contributed by atoms with Crippen LogP contribution in [0.15, 0.2) is 65.6 Å². The Morgan fingerprint density at radius 2 is 1.79 bits per heavy atom. The Morgan fingerprint density at radius 3 is 2.41 bits per heavy atom. The van der Waals surface area contributed by atoms with Crippen molar-refractivity contribution in [3.05, 3.63) is 71.8 Å². The molecule has 4 rings (SSSR count). The van der Waals surface area contributed by atoms with Crippen LogP contribution in [0.3, 0.4) is 0 Å². The molecule has 0 bridgehead atoms. The van der Waals surface area contributed by atoms with Gasteiger partial charge in [-0.3, -0.25) is 4.79 Å². The number of nitrogens with zero attached hydrogens (tertiary/aromatic N) is 2. The van der Waals surface area contributed by atoms with Gasteiger partial charge in [-0.25, -0.2) is 8.42 Å². The fraction of sp³-hybridized carbons (Fsp3) is 0.318. The maximum absolute atomic E-state index is 13.0. The lowest BCUT2D eigenvalue weighted by molar-refractivity contribution is -0.158. The molecule has 2 saturated heterocycles. The SMILES string of the molecule is CC=Cc1ccc([C@@H]2[C@@H](CO)N3C(=O)CN(S(=O)(=O)c4ccccc4)C[C@@H]23)cc1. The number of hydrogen-bond donors (Lipinski definition) is 1. The number of allylic oxidation sites excluding steroid dienone is 1. The van der Waals surface area contributed by atoms with E-state index in [1.807, 2.05) is 43.3 Å². The summed E-state index contributed by atoms with van der Waals surface area (Å²) in [5, 5.41) is 9.88. The van der Waals surface area contributed by atoms with Gasteiger partial charge in [0.2, 0.25) is 15.9 Å². The quantitative estimate of drug-likeness (QED) is 0.816. The summed E-state index contributed by atoms with van der Waals surface area (Å²) in [6.45, 7) is 1.84. The highest BCUT2D eigenvalue weighted by Gasteiger charge is 2.55. The summed E-state index contributed by atoms with van der Waals surface area (Å²) in [6.07, 6.45) is 3.96. The molecule has 1 amide bonds. The molecule has 7 heteroatoms. The summed E-state index contributed by atoms with van der Waals surface area (Å²) < 4.78 is 27.3. The average molecular weight is 413 g/mol. The Balaban J connectivity index is 1.62. The van der Waals surface area contributed by atoms with Crippen LogP contribution in [0.1, 0.15) is 24.0 Å². The molecule has 29 heavy (non-hydrogen) atoms. The molecule has 152 valence electrons. The average Bonchev–Trinajstić information content (AvgIpc) is 2.71. The van der Waals surface area contributed by atoms with Crippen LogP contribution in [0.2, 0.25) is 0 Å². The molecule has 1 N–H and O–H groups in total. The predicted molar refractivity (Wildman–Crippen MR) is 111 cm³/mol. The molecule has 0 aliphatic carbocycles. The molecule has 6 nitrogen and oxygen atoms in total. The summed E-state index contributed by atoms with van der Waals surface area (Å²) in [5.74, 6) is -0.362. The molecule has 0 radical (unpaired) electrons. The Kier molecular flexibility index (Phi) is 5.29. The highest BCUT2D eigenvalue weighted by Crippen LogP contribution is 2.43. The van der Waals surface area contributed by atoms with Gasteiger partial charge in [0.15, 0.2) is 0 Å². The number of piperazine rings is 1. The van der Waals surface area contributed by atoms with Crippen molar-refractivity contribution in [3.8, 4) is 0 Å². The number of aliphatic hydroxyl groups excluding tert-OH is 1. The third kappa shape index (κ3) is 3.39. The smallest absolute Gasteiger partial charge is 0.243 e. The normalized spacial score (nSPS) is 25.1. The number of sulfonamides is 1. The zero-order valence-corrected chi connectivity index (χ0v) is 17.0. The number of benzene rings is 2. The monoisotopic (exact) mass is 412 g/mol. The molecule has 0 spiro atoms. The Hall–Kier alpha value is -2.48. The van der Waals surface area contributed by atoms with Gasteiger partial charge in [0, 0.05) is 12.5 Å². The van der Waals surface area contributed by atoms with Crippen molar-refractivity contribution in [2.75, 3.05) is 19.7 Å². The van der Waals surface area contributed by atoms with Crippen molar-refractivity contribution in [3.63, 3.8) is 0 Å². The van der Waals surface area contributed by atoms with E-state index in [1.54, 1.807) is 35.2 Å². The van der Waals surface area contributed by atoms with Gasteiger partial charge in [-0.1, -0.05) is 54.6 Å². The maximum Gasteiger partial charge on any atom is 0.243 e. The number of carbonyl (C=O) groups excluding carboxylic acids is 1. The van der Waals surface area contributed by atoms with Gasteiger partial charge in [-0.15, -0.1) is 0 Å². The van der Waals surface area contributed by atoms with Crippen molar-refractivity contribution in [1.82, 2.24) is 9.21 Å². The van der Waals surface area contributed by atoms with E-state index in [1.165, 1.54) is 4.31 Å². The van der Waals surface area contributed by atoms with Crippen LogP contribution in [-0.2, 0) is 14.8 Å². The van der Waals surface area contributed by atoms with E-state index >= 15 is 0 Å². The first-order valence-electron chi connectivity index (χ1n) is 9.67. The van der Waals surface area contributed by atoms with Gasteiger partial charge in [-0.2, -0.15) is 4.31 Å². The van der Waals surface area contributed by atoms with E-state index in [4.69, 9.17) is 0 Å². The Morgan fingerprint density at radius 1 is 1.10 bits per heavy atom. The van der Waals surface area contributed by atoms with Gasteiger partial charge in [-0.05, 0) is 30.2 Å². The summed E-state index contributed by atoms with van der Waals surface area (Å²) in [6, 6.07) is 15.6. The molecule has 2 aromatic carbocycles. The minimum Gasteiger partial charge on any atom is -0.394 e. The second-order valence-corrected chi connectivity index (χ2v) is 9.36. The van der Waals surface area contributed by atoms with Crippen LogP contribution < -0.4 is 0 Å². The van der Waals surface area contributed by atoms with Crippen LogP contribution in [0, 0.1) is 0 Å². The Labute approximate surface area is 171 Å². The number of hydrogen-bond acceptors (Lipinski definition) is 4. The molecular weight excluding hydrogens is 388 g/mol. The lowest BCUT2D eigenvalue weighted by atomic mass is 9.74. The first-order chi connectivity index (χ1) is 14.0. The molecule has 2 fully saturated rings. The largest absolute Gasteiger partial charge is 0.394 e. The lowest BCUT2D eigenvalue weighted by Gasteiger charge is -2.58. The van der Waals surface area contributed by atoms with E-state index in [9.17, 15) is 18.3 Å². The third-order valence-corrected chi connectivity index (χ3v) is 7.61. The van der Waals surface area contributed by atoms with Crippen LogP contribution >= 0.6 is 0 Å². The number of amides is 1. The second-order valence-electron chi connectivity index (χ2n) is 7.42. The summed E-state index contributed by atoms with van der Waals surface area (Å²) >= 11 is 0. The van der Waals surface area contributed by atoms with Gasteiger partial charge < -0.3 is 10.0 Å². The van der Waals surface area contributed by atoms with Crippen molar-refractivity contribution in [2.24, 2.45) is 0 Å². The first kappa shape index (κ1) is 19.8. The minimum atomic E-state index is -3.75. The fourth-order valence-electron chi connectivity index (χ4n) is 4.42. The molecule has 0 saturated carbocycles. The standard InChI is InChI=1S/C22H24N2O4S/c1-2-6-16-9-11-17(12-10-16)22-19-13-23(14-21(26)24(19)20(22)15-25)29(27,28)18-7-4-3-5-8-18/h2-12,19-20,22,25H,13-15H2,1H3/t19-,20+,22-/m0/s1. The van der Waals surface area contributed by atoms with E-state index in [0.717, 1.165) is 11.1 Å². The van der Waals surface area contributed by atoms with E-state index < -0.39 is 10.0 Å². The number of aliphatic hydroxyl groups is 1. The van der Waals surface area contributed by atoms with Crippen LogP contribution in [0.5, 0.6) is 0 Å². The maximum atomic E-state index is 13.0. The molecule has 0 unspecified atom stereocenters. The van der Waals surface area contributed by atoms with Crippen molar-refractivity contribution >= 4 is 22.0 Å². The predicted octanol–water partition coefficient (Wildman–Crippen LogP) is 2.08. The molecule has 2 aromatic rings. The summed E-state index contributed by atoms with van der Waals surface area (Å²) in [4.78, 5) is 14.6. The molecule has 2 aliphatic heterocycles. The van der Waals surface area contributed by atoms with Gasteiger partial charge in [0.25, 0.3) is 0 Å². The van der Waals surface area contributed by atoms with E-state index in [0.29, 0.717) is 0 Å². The van der Waals surface area contributed by atoms with Crippen molar-refractivity contribution in [1.29, 1.82) is 0 Å². The fourth-order valence-corrected chi connectivity index (χ4v) is 5.84. The molecule has 0 aromatic heterocycles. The molecule has 2 heterocycles. The van der Waals surface area contributed by atoms with Crippen LogP contribution in [-0.4, -0.2) is 60.4 Å². The van der Waals surface area contributed by atoms with Crippen LogP contribution in [0.4, 0.5) is 0 Å². The second kappa shape index (κ2) is 7.74. The zero-order chi connectivity index (χ0) is 20.6. The Bertz CT molecular complexity index is 1020. The van der Waals surface area contributed by atoms with Gasteiger partial charge in [0.1, 0.15) is 0 Å². The lowest BCUT2D eigenvalue weighted by Crippen LogP contribution is -2.73. The topological polar surface area (TPSA) is 77.9 Å². The van der Waals surface area contributed by atoms with E-state index in [2.05, 4.69) is 0 Å². The molecule has 3 atom stereocenters. The zero-order valence-electron chi connectivity index (χ0n) is 16.2. The summed E-state index contributed by atoms with van der Waals surface area (Å²) in [5.41, 5.74) is 2.08. The number of rotatable bonds is 5. The van der Waals surface area contributed by atoms with Crippen molar-refractivity contribution in [2.45, 2.75) is 29.8 Å². The number of carbonyl (C=O) groups is 1. The first-order valence-corrected chi connectivity index (χ1v) is 11.1. The highest BCUT2D eigenvalue weighted by atomic mass is 32.2. The highest BCUT2D eigenvalue weighted by molar-refractivity contribution is 7.89. The van der Waals surface area contributed by atoms with Crippen LogP contribution in [0.25, 0.3) is 6.08 Å². The minimum absolute atomic E-state index is 0.0996. The van der Waals surface area contributed by atoms with Crippen molar-refractivity contribution < 1.29 is 18.3 Å².